The van der Waals surface area contributed by atoms with Gasteiger partial charge in [-0.05, 0) is 24.5 Å². The number of aryl methyl sites for hydroxylation is 1. The van der Waals surface area contributed by atoms with Gasteiger partial charge in [-0.15, -0.1) is 0 Å². The van der Waals surface area contributed by atoms with Gasteiger partial charge in [0, 0.05) is 12.0 Å². The van der Waals surface area contributed by atoms with Crippen LogP contribution in [0.3, 0.4) is 0 Å². The number of hydrogen-bond donors (Lipinski definition) is 1. The number of carbonyl (C=O) groups is 1. The van der Waals surface area contributed by atoms with Crippen molar-refractivity contribution in [2.24, 2.45) is 0 Å². The van der Waals surface area contributed by atoms with Gasteiger partial charge in [0.05, 0.1) is 5.56 Å². The number of carbonyl (C=O) groups excluding carboxylic acids is 1. The first kappa shape index (κ1) is 9.97. The summed E-state index contributed by atoms with van der Waals surface area (Å²) in [5.41, 5.74) is 2.39. The van der Waals surface area contributed by atoms with Crippen LogP contribution in [0.15, 0.2) is 18.2 Å². The van der Waals surface area contributed by atoms with E-state index in [0.717, 1.165) is 24.0 Å². The van der Waals surface area contributed by atoms with Gasteiger partial charge in [0.15, 0.2) is 5.78 Å². The van der Waals surface area contributed by atoms with Crippen molar-refractivity contribution in [3.63, 3.8) is 0 Å². The molecule has 0 bridgehead atoms. The highest BCUT2D eigenvalue weighted by Gasteiger charge is 2.15. The second-order valence-electron chi connectivity index (χ2n) is 3.75. The van der Waals surface area contributed by atoms with E-state index >= 15 is 0 Å². The van der Waals surface area contributed by atoms with Crippen LogP contribution < -0.4 is 0 Å². The van der Waals surface area contributed by atoms with Crippen LogP contribution in [0, 0.1) is 0 Å². The quantitative estimate of drug-likeness (QED) is 0.748. The molecule has 2 heteroatoms. The molecular formula is C13H14O2. The summed E-state index contributed by atoms with van der Waals surface area (Å²) in [5, 5.41) is 9.96. The fraction of sp³-hybridized carbons (Fsp3) is 0.308. The lowest BCUT2D eigenvalue weighted by Gasteiger charge is -2.14. The third kappa shape index (κ3) is 1.67. The summed E-state index contributed by atoms with van der Waals surface area (Å²) in [5.74, 6) is 0.143. The fourth-order valence-corrected chi connectivity index (χ4v) is 1.91. The molecule has 15 heavy (non-hydrogen) atoms. The van der Waals surface area contributed by atoms with Crippen LogP contribution >= 0.6 is 0 Å². The molecule has 0 aromatic heterocycles. The third-order valence-corrected chi connectivity index (χ3v) is 2.79. The summed E-state index contributed by atoms with van der Waals surface area (Å²) >= 11 is 0. The molecule has 0 unspecified atom stereocenters. The lowest BCUT2D eigenvalue weighted by Crippen LogP contribution is -2.02. The van der Waals surface area contributed by atoms with Crippen LogP contribution in [-0.4, -0.2) is 10.9 Å². The predicted octanol–water partition coefficient (Wildman–Crippen LogP) is 2.94. The fourth-order valence-electron chi connectivity index (χ4n) is 1.91. The molecule has 1 aromatic rings. The minimum Gasteiger partial charge on any atom is -0.507 e. The van der Waals surface area contributed by atoms with Gasteiger partial charge in [0.25, 0.3) is 0 Å². The van der Waals surface area contributed by atoms with E-state index in [2.05, 4.69) is 0 Å². The van der Waals surface area contributed by atoms with Crippen LogP contribution in [0.1, 0.15) is 41.3 Å². The lowest BCUT2D eigenvalue weighted by atomic mass is 9.93. The van der Waals surface area contributed by atoms with Crippen LogP contribution in [0.2, 0.25) is 0 Å². The van der Waals surface area contributed by atoms with Crippen molar-refractivity contribution in [1.29, 1.82) is 0 Å². The van der Waals surface area contributed by atoms with Gasteiger partial charge >= 0.3 is 0 Å². The normalized spacial score (nSPS) is 13.7. The van der Waals surface area contributed by atoms with E-state index in [9.17, 15) is 9.90 Å². The molecular weight excluding hydrogens is 188 g/mol. The maximum absolute atomic E-state index is 11.5. The number of aromatic hydroxyl groups is 1. The Morgan fingerprint density at radius 2 is 2.27 bits per heavy atom. The SMILES string of the molecule is CCC(=O)c1ccc2c(c1O)C=CCC2. The molecule has 0 saturated heterocycles. The van der Waals surface area contributed by atoms with Crippen molar-refractivity contribution in [2.45, 2.75) is 26.2 Å². The number of phenols is 1. The number of Topliss-reactive ketones (excluding diaryl/α,β-unsaturated/α-hetero) is 1. The Labute approximate surface area is 89.2 Å². The highest BCUT2D eigenvalue weighted by atomic mass is 16.3. The Balaban J connectivity index is 2.54. The van der Waals surface area contributed by atoms with Crippen molar-refractivity contribution in [3.05, 3.63) is 34.9 Å². The monoisotopic (exact) mass is 202 g/mol. The Morgan fingerprint density at radius 1 is 1.47 bits per heavy atom. The summed E-state index contributed by atoms with van der Waals surface area (Å²) in [7, 11) is 0. The second kappa shape index (κ2) is 3.89. The zero-order chi connectivity index (χ0) is 10.8. The van der Waals surface area contributed by atoms with E-state index in [1.54, 1.807) is 13.0 Å². The number of allylic oxidation sites excluding steroid dienone is 1. The largest absolute Gasteiger partial charge is 0.507 e. The van der Waals surface area contributed by atoms with Crippen molar-refractivity contribution >= 4 is 11.9 Å². The van der Waals surface area contributed by atoms with Crippen LogP contribution in [0.25, 0.3) is 6.08 Å². The first-order valence-electron chi connectivity index (χ1n) is 5.28. The van der Waals surface area contributed by atoms with Crippen LogP contribution in [0.4, 0.5) is 0 Å². The van der Waals surface area contributed by atoms with Gasteiger partial charge in [0.2, 0.25) is 0 Å². The average molecular weight is 202 g/mol. The third-order valence-electron chi connectivity index (χ3n) is 2.79. The molecule has 0 spiro atoms. The van der Waals surface area contributed by atoms with Crippen molar-refractivity contribution in [1.82, 2.24) is 0 Å². The van der Waals surface area contributed by atoms with Gasteiger partial charge in [-0.2, -0.15) is 0 Å². The molecule has 2 nitrogen and oxygen atoms in total. The van der Waals surface area contributed by atoms with E-state index in [4.69, 9.17) is 0 Å². The lowest BCUT2D eigenvalue weighted by molar-refractivity contribution is 0.0985. The molecule has 0 heterocycles. The van der Waals surface area contributed by atoms with E-state index in [-0.39, 0.29) is 11.5 Å². The molecule has 1 aliphatic carbocycles. The standard InChI is InChI=1S/C13H14O2/c1-2-12(14)11-8-7-9-5-3-4-6-10(9)13(11)15/h4,6-8,15H,2-3,5H2,1H3. The highest BCUT2D eigenvalue weighted by Crippen LogP contribution is 2.31. The topological polar surface area (TPSA) is 37.3 Å². The van der Waals surface area contributed by atoms with Crippen LogP contribution in [0.5, 0.6) is 5.75 Å². The smallest absolute Gasteiger partial charge is 0.166 e. The molecule has 1 N–H and O–H groups in total. The summed E-state index contributed by atoms with van der Waals surface area (Å²) in [6.07, 6.45) is 6.31. The summed E-state index contributed by atoms with van der Waals surface area (Å²) < 4.78 is 0. The highest BCUT2D eigenvalue weighted by molar-refractivity contribution is 5.99. The van der Waals surface area contributed by atoms with E-state index in [1.165, 1.54) is 0 Å². The number of rotatable bonds is 2. The summed E-state index contributed by atoms with van der Waals surface area (Å²) in [4.78, 5) is 11.5. The van der Waals surface area contributed by atoms with Crippen molar-refractivity contribution < 1.29 is 9.90 Å². The van der Waals surface area contributed by atoms with E-state index in [1.807, 2.05) is 18.2 Å². The van der Waals surface area contributed by atoms with Crippen molar-refractivity contribution in [3.8, 4) is 5.75 Å². The maximum atomic E-state index is 11.5. The Bertz CT molecular complexity index is 430. The second-order valence-corrected chi connectivity index (χ2v) is 3.75. The molecule has 2 rings (SSSR count). The molecule has 0 fully saturated rings. The number of hydrogen-bond acceptors (Lipinski definition) is 2. The van der Waals surface area contributed by atoms with Crippen molar-refractivity contribution in [2.75, 3.05) is 0 Å². The molecule has 1 aliphatic rings. The molecule has 0 radical (unpaired) electrons. The van der Waals surface area contributed by atoms with Gasteiger partial charge in [-0.3, -0.25) is 4.79 Å². The Kier molecular flexibility index (Phi) is 2.58. The summed E-state index contributed by atoms with van der Waals surface area (Å²) in [6.45, 7) is 1.80. The number of ketones is 1. The minimum absolute atomic E-state index is 0.00530. The molecule has 0 saturated carbocycles. The van der Waals surface area contributed by atoms with Gasteiger partial charge in [-0.1, -0.05) is 25.1 Å². The van der Waals surface area contributed by atoms with Gasteiger partial charge < -0.3 is 5.11 Å². The Hall–Kier alpha value is -1.57. The minimum atomic E-state index is -0.00530. The molecule has 0 aliphatic heterocycles. The zero-order valence-corrected chi connectivity index (χ0v) is 8.79. The molecule has 78 valence electrons. The van der Waals surface area contributed by atoms with E-state index < -0.39 is 0 Å². The maximum Gasteiger partial charge on any atom is 0.166 e. The molecule has 1 aromatic carbocycles. The van der Waals surface area contributed by atoms with Gasteiger partial charge in [0.1, 0.15) is 5.75 Å². The first-order chi connectivity index (χ1) is 7.24. The summed E-state index contributed by atoms with van der Waals surface area (Å²) in [6, 6.07) is 3.68. The average Bonchev–Trinajstić information content (AvgIpc) is 2.29. The molecule has 0 amide bonds. The van der Waals surface area contributed by atoms with Gasteiger partial charge in [-0.25, -0.2) is 0 Å². The Morgan fingerprint density at radius 3 is 3.00 bits per heavy atom. The van der Waals surface area contributed by atoms with E-state index in [0.29, 0.717) is 12.0 Å². The molecule has 0 atom stereocenters. The van der Waals surface area contributed by atoms with Crippen LogP contribution in [-0.2, 0) is 6.42 Å². The number of phenolic OH excluding ortho intramolecular Hbond substituents is 1. The number of benzene rings is 1. The predicted molar refractivity (Wildman–Crippen MR) is 60.1 cm³/mol. The first-order valence-corrected chi connectivity index (χ1v) is 5.28. The zero-order valence-electron chi connectivity index (χ0n) is 8.79. The number of fused-ring (bicyclic) bond motifs is 1.